The quantitative estimate of drug-likeness (QED) is 0.707. The molecule has 0 saturated heterocycles. The first-order chi connectivity index (χ1) is 12.0. The Morgan fingerprint density at radius 2 is 1.88 bits per heavy atom. The van der Waals surface area contributed by atoms with Crippen LogP contribution in [0.15, 0.2) is 53.7 Å². The summed E-state index contributed by atoms with van der Waals surface area (Å²) in [5, 5.41) is 8.45. The Labute approximate surface area is 147 Å². The lowest BCUT2D eigenvalue weighted by atomic mass is 10.2. The Morgan fingerprint density at radius 3 is 2.60 bits per heavy atom. The van der Waals surface area contributed by atoms with Crippen LogP contribution in [-0.2, 0) is 5.75 Å². The van der Waals surface area contributed by atoms with E-state index in [1.165, 1.54) is 46.8 Å². The van der Waals surface area contributed by atoms with E-state index in [1.54, 1.807) is 19.1 Å². The topological polar surface area (TPSA) is 59.8 Å². The molecule has 0 spiro atoms. The second kappa shape index (κ2) is 7.43. The number of hydrogen-bond acceptors (Lipinski definition) is 4. The van der Waals surface area contributed by atoms with Crippen molar-refractivity contribution < 1.29 is 13.6 Å². The predicted octanol–water partition coefficient (Wildman–Crippen LogP) is 3.54. The summed E-state index contributed by atoms with van der Waals surface area (Å²) in [7, 11) is 0. The van der Waals surface area contributed by atoms with Crippen LogP contribution in [0.25, 0.3) is 0 Å². The highest BCUT2D eigenvalue weighted by Crippen LogP contribution is 2.21. The molecule has 0 fully saturated rings. The lowest BCUT2D eigenvalue weighted by Crippen LogP contribution is -2.24. The molecule has 3 aromatic rings. The van der Waals surface area contributed by atoms with Gasteiger partial charge in [-0.2, -0.15) is 0 Å². The third-order valence-corrected chi connectivity index (χ3v) is 4.38. The van der Waals surface area contributed by atoms with E-state index in [9.17, 15) is 13.6 Å². The standard InChI is InChI=1S/C17H14F2N4OS/c1-11-20-21-17(25-10-12-5-7-14(18)8-6-12)23(11)22-16(24)13-3-2-4-15(19)9-13/h2-9H,10H2,1H3,(H,22,24). The third kappa shape index (κ3) is 4.21. The van der Waals surface area contributed by atoms with Crippen molar-refractivity contribution in [1.82, 2.24) is 14.9 Å². The zero-order valence-electron chi connectivity index (χ0n) is 13.2. The molecule has 0 bridgehead atoms. The van der Waals surface area contributed by atoms with Gasteiger partial charge in [-0.05, 0) is 42.8 Å². The van der Waals surface area contributed by atoms with Crippen molar-refractivity contribution >= 4 is 17.7 Å². The number of aromatic nitrogens is 3. The summed E-state index contributed by atoms with van der Waals surface area (Å²) >= 11 is 1.35. The molecule has 8 heteroatoms. The first-order valence-electron chi connectivity index (χ1n) is 7.39. The Morgan fingerprint density at radius 1 is 1.12 bits per heavy atom. The van der Waals surface area contributed by atoms with Gasteiger partial charge in [-0.1, -0.05) is 30.0 Å². The Hall–Kier alpha value is -2.74. The van der Waals surface area contributed by atoms with Crippen LogP contribution in [0.2, 0.25) is 0 Å². The van der Waals surface area contributed by atoms with E-state index in [2.05, 4.69) is 15.6 Å². The zero-order chi connectivity index (χ0) is 17.8. The molecule has 0 aliphatic rings. The highest BCUT2D eigenvalue weighted by molar-refractivity contribution is 7.98. The number of thioether (sulfide) groups is 1. The molecule has 0 saturated carbocycles. The van der Waals surface area contributed by atoms with Crippen molar-refractivity contribution in [3.05, 3.63) is 77.1 Å². The maximum absolute atomic E-state index is 13.3. The number of carbonyl (C=O) groups excluding carboxylic acids is 1. The highest BCUT2D eigenvalue weighted by atomic mass is 32.2. The van der Waals surface area contributed by atoms with Gasteiger partial charge in [-0.15, -0.1) is 10.2 Å². The number of hydrogen-bond donors (Lipinski definition) is 1. The fourth-order valence-electron chi connectivity index (χ4n) is 2.09. The van der Waals surface area contributed by atoms with Crippen molar-refractivity contribution in [2.45, 2.75) is 17.8 Å². The van der Waals surface area contributed by atoms with Gasteiger partial charge < -0.3 is 0 Å². The van der Waals surface area contributed by atoms with Crippen LogP contribution in [0.3, 0.4) is 0 Å². The van der Waals surface area contributed by atoms with E-state index >= 15 is 0 Å². The van der Waals surface area contributed by atoms with Crippen LogP contribution in [0.1, 0.15) is 21.7 Å². The van der Waals surface area contributed by atoms with Crippen LogP contribution >= 0.6 is 11.8 Å². The molecule has 1 aromatic heterocycles. The fourth-order valence-corrected chi connectivity index (χ4v) is 2.98. The van der Waals surface area contributed by atoms with Gasteiger partial charge in [-0.25, -0.2) is 13.5 Å². The highest BCUT2D eigenvalue weighted by Gasteiger charge is 2.14. The van der Waals surface area contributed by atoms with Gasteiger partial charge in [-0.3, -0.25) is 10.2 Å². The van der Waals surface area contributed by atoms with Crippen molar-refractivity contribution in [2.75, 3.05) is 5.43 Å². The summed E-state index contributed by atoms with van der Waals surface area (Å²) in [4.78, 5) is 12.3. The number of nitrogens with zero attached hydrogens (tertiary/aromatic N) is 3. The predicted molar refractivity (Wildman–Crippen MR) is 90.8 cm³/mol. The molecule has 1 heterocycles. The number of benzene rings is 2. The summed E-state index contributed by atoms with van der Waals surface area (Å²) in [5.41, 5.74) is 3.76. The summed E-state index contributed by atoms with van der Waals surface area (Å²) in [6.45, 7) is 1.70. The van der Waals surface area contributed by atoms with Crippen molar-refractivity contribution in [3.63, 3.8) is 0 Å². The van der Waals surface area contributed by atoms with Gasteiger partial charge in [0.25, 0.3) is 5.91 Å². The number of nitrogens with one attached hydrogen (secondary N) is 1. The third-order valence-electron chi connectivity index (χ3n) is 3.38. The molecular formula is C17H14F2N4OS. The number of halogens is 2. The summed E-state index contributed by atoms with van der Waals surface area (Å²) in [6.07, 6.45) is 0. The van der Waals surface area contributed by atoms with E-state index in [4.69, 9.17) is 0 Å². The summed E-state index contributed by atoms with van der Waals surface area (Å²) in [5.74, 6) is -0.222. The van der Waals surface area contributed by atoms with Gasteiger partial charge in [0, 0.05) is 11.3 Å². The minimum atomic E-state index is -0.487. The molecule has 25 heavy (non-hydrogen) atoms. The first kappa shape index (κ1) is 17.1. The Bertz CT molecular complexity index is 896. The largest absolute Gasteiger partial charge is 0.270 e. The van der Waals surface area contributed by atoms with Gasteiger partial charge >= 0.3 is 0 Å². The summed E-state index contributed by atoms with van der Waals surface area (Å²) in [6, 6.07) is 11.5. The van der Waals surface area contributed by atoms with E-state index in [0.717, 1.165) is 11.6 Å². The van der Waals surface area contributed by atoms with Crippen LogP contribution in [0, 0.1) is 18.6 Å². The van der Waals surface area contributed by atoms with Gasteiger partial charge in [0.1, 0.15) is 17.5 Å². The lowest BCUT2D eigenvalue weighted by molar-refractivity contribution is 0.100. The van der Waals surface area contributed by atoms with Crippen molar-refractivity contribution in [3.8, 4) is 0 Å². The average Bonchev–Trinajstić information content (AvgIpc) is 2.94. The van der Waals surface area contributed by atoms with Crippen molar-refractivity contribution in [1.29, 1.82) is 0 Å². The SMILES string of the molecule is Cc1nnc(SCc2ccc(F)cc2)n1NC(=O)c1cccc(F)c1. The number of carbonyl (C=O) groups is 1. The molecule has 128 valence electrons. The Kier molecular flexibility index (Phi) is 5.08. The van der Waals surface area contributed by atoms with Crippen molar-refractivity contribution in [2.24, 2.45) is 0 Å². The molecule has 0 aliphatic heterocycles. The monoisotopic (exact) mass is 360 g/mol. The van der Waals surface area contributed by atoms with Crippen LogP contribution in [0.4, 0.5) is 8.78 Å². The van der Waals surface area contributed by atoms with E-state index in [1.807, 2.05) is 0 Å². The molecule has 1 amide bonds. The van der Waals surface area contributed by atoms with E-state index in [0.29, 0.717) is 16.7 Å². The zero-order valence-corrected chi connectivity index (χ0v) is 14.1. The normalized spacial score (nSPS) is 10.7. The lowest BCUT2D eigenvalue weighted by Gasteiger charge is -2.10. The van der Waals surface area contributed by atoms with E-state index < -0.39 is 11.7 Å². The minimum absolute atomic E-state index is 0.197. The maximum atomic E-state index is 13.3. The molecule has 5 nitrogen and oxygen atoms in total. The van der Waals surface area contributed by atoms with Crippen LogP contribution in [0.5, 0.6) is 0 Å². The second-order valence-corrected chi connectivity index (χ2v) is 6.17. The molecule has 2 aromatic carbocycles. The molecule has 0 radical (unpaired) electrons. The molecule has 0 aliphatic carbocycles. The molecule has 3 rings (SSSR count). The number of amides is 1. The smallest absolute Gasteiger partial charge is 0.267 e. The maximum Gasteiger partial charge on any atom is 0.270 e. The number of aryl methyl sites for hydroxylation is 1. The van der Waals surface area contributed by atoms with Gasteiger partial charge in [0.15, 0.2) is 0 Å². The van der Waals surface area contributed by atoms with Gasteiger partial charge in [0.2, 0.25) is 5.16 Å². The number of rotatable bonds is 5. The summed E-state index contributed by atoms with van der Waals surface area (Å²) < 4.78 is 27.6. The van der Waals surface area contributed by atoms with E-state index in [-0.39, 0.29) is 11.4 Å². The van der Waals surface area contributed by atoms with Crippen LogP contribution in [-0.4, -0.2) is 20.8 Å². The van der Waals surface area contributed by atoms with Crippen LogP contribution < -0.4 is 5.43 Å². The molecule has 0 unspecified atom stereocenters. The van der Waals surface area contributed by atoms with Gasteiger partial charge in [0.05, 0.1) is 0 Å². The Balaban J connectivity index is 1.73. The fraction of sp³-hybridized carbons (Fsp3) is 0.118. The minimum Gasteiger partial charge on any atom is -0.267 e. The molecule has 1 N–H and O–H groups in total. The second-order valence-electron chi connectivity index (χ2n) is 5.23. The first-order valence-corrected chi connectivity index (χ1v) is 8.37. The molecule has 0 atom stereocenters. The molecular weight excluding hydrogens is 346 g/mol. The average molecular weight is 360 g/mol.